The van der Waals surface area contributed by atoms with Crippen molar-refractivity contribution in [3.63, 3.8) is 0 Å². The second-order valence-corrected chi connectivity index (χ2v) is 8.02. The van der Waals surface area contributed by atoms with Crippen molar-refractivity contribution in [2.75, 3.05) is 26.2 Å². The summed E-state index contributed by atoms with van der Waals surface area (Å²) >= 11 is 0. The number of hydrogen-bond acceptors (Lipinski definition) is 3. The third-order valence-corrected chi connectivity index (χ3v) is 6.82. The predicted octanol–water partition coefficient (Wildman–Crippen LogP) is 1.56. The van der Waals surface area contributed by atoms with Gasteiger partial charge in [-0.1, -0.05) is 19.8 Å². The molecule has 0 bridgehead atoms. The molecule has 0 spiro atoms. The minimum absolute atomic E-state index is 0.214. The first-order valence-corrected chi connectivity index (χ1v) is 9.46. The maximum Gasteiger partial charge on any atom is 0.282 e. The van der Waals surface area contributed by atoms with Crippen LogP contribution >= 0.6 is 0 Å². The lowest BCUT2D eigenvalue weighted by Crippen LogP contribution is -2.52. The number of rotatable bonds is 5. The second kappa shape index (κ2) is 7.20. The average Bonchev–Trinajstić information content (AvgIpc) is 2.48. The Kier molecular flexibility index (Phi) is 5.84. The van der Waals surface area contributed by atoms with Crippen LogP contribution in [0.3, 0.4) is 0 Å². The first-order chi connectivity index (χ1) is 9.59. The summed E-state index contributed by atoms with van der Waals surface area (Å²) in [7, 11) is -3.26. The number of piperidine rings is 2. The Bertz CT molecular complexity index is 389. The van der Waals surface area contributed by atoms with Crippen LogP contribution < -0.4 is 5.73 Å². The number of nitrogens with zero attached hydrogens (tertiary/aromatic N) is 2. The molecule has 20 heavy (non-hydrogen) atoms. The molecular formula is C14H29N3O2S. The SMILES string of the molecule is CCCC1CCCCN1S(=O)(=O)N1CCC(CN)CC1. The molecule has 0 aromatic carbocycles. The maximum atomic E-state index is 12.8. The quantitative estimate of drug-likeness (QED) is 0.838. The monoisotopic (exact) mass is 303 g/mol. The smallest absolute Gasteiger partial charge is 0.282 e. The molecule has 1 unspecified atom stereocenters. The lowest BCUT2D eigenvalue weighted by atomic mass is 9.99. The second-order valence-electron chi connectivity index (χ2n) is 6.13. The molecule has 2 N–H and O–H groups in total. The van der Waals surface area contributed by atoms with Gasteiger partial charge in [-0.05, 0) is 44.6 Å². The van der Waals surface area contributed by atoms with Crippen molar-refractivity contribution in [2.24, 2.45) is 11.7 Å². The third-order valence-electron chi connectivity index (χ3n) is 4.72. The summed E-state index contributed by atoms with van der Waals surface area (Å²) in [5.41, 5.74) is 5.68. The van der Waals surface area contributed by atoms with Crippen LogP contribution in [0.2, 0.25) is 0 Å². The van der Waals surface area contributed by atoms with Crippen LogP contribution in [0.15, 0.2) is 0 Å². The first kappa shape index (κ1) is 16.2. The highest BCUT2D eigenvalue weighted by Gasteiger charge is 2.37. The highest BCUT2D eigenvalue weighted by atomic mass is 32.2. The number of nitrogens with two attached hydrogens (primary N) is 1. The molecule has 2 rings (SSSR count). The Balaban J connectivity index is 2.04. The zero-order valence-electron chi connectivity index (χ0n) is 12.6. The van der Waals surface area contributed by atoms with Crippen LogP contribution in [0.4, 0.5) is 0 Å². The van der Waals surface area contributed by atoms with Crippen molar-refractivity contribution in [2.45, 2.75) is 57.9 Å². The fourth-order valence-corrected chi connectivity index (χ4v) is 5.34. The predicted molar refractivity (Wildman–Crippen MR) is 81.5 cm³/mol. The molecule has 118 valence electrons. The lowest BCUT2D eigenvalue weighted by molar-refractivity contribution is 0.204. The van der Waals surface area contributed by atoms with Gasteiger partial charge in [-0.3, -0.25) is 0 Å². The van der Waals surface area contributed by atoms with E-state index in [9.17, 15) is 8.42 Å². The van der Waals surface area contributed by atoms with Gasteiger partial charge < -0.3 is 5.73 Å². The van der Waals surface area contributed by atoms with E-state index in [4.69, 9.17) is 5.73 Å². The summed E-state index contributed by atoms with van der Waals surface area (Å²) in [6, 6.07) is 0.214. The standard InChI is InChI=1S/C14H29N3O2S/c1-2-5-14-6-3-4-9-17(14)20(18,19)16-10-7-13(12-15)8-11-16/h13-14H,2-12,15H2,1H3. The Labute approximate surface area is 123 Å². The first-order valence-electron chi connectivity index (χ1n) is 8.06. The summed E-state index contributed by atoms with van der Waals surface area (Å²) in [4.78, 5) is 0. The Hall–Kier alpha value is -0.170. The molecule has 0 aromatic heterocycles. The Morgan fingerprint density at radius 2 is 1.80 bits per heavy atom. The number of hydrogen-bond donors (Lipinski definition) is 1. The van der Waals surface area contributed by atoms with Crippen LogP contribution in [-0.2, 0) is 10.2 Å². The summed E-state index contributed by atoms with van der Waals surface area (Å²) < 4.78 is 29.2. The zero-order valence-corrected chi connectivity index (χ0v) is 13.4. The van der Waals surface area contributed by atoms with Gasteiger partial charge in [0.15, 0.2) is 0 Å². The van der Waals surface area contributed by atoms with Gasteiger partial charge in [-0.2, -0.15) is 17.0 Å². The molecule has 6 heteroatoms. The molecule has 5 nitrogen and oxygen atoms in total. The van der Waals surface area contributed by atoms with Crippen LogP contribution in [0, 0.1) is 5.92 Å². The normalized spacial score (nSPS) is 27.8. The molecule has 0 radical (unpaired) electrons. The fraction of sp³-hybridized carbons (Fsp3) is 1.00. The van der Waals surface area contributed by atoms with Crippen molar-refractivity contribution in [1.82, 2.24) is 8.61 Å². The summed E-state index contributed by atoms with van der Waals surface area (Å²) in [6.07, 6.45) is 7.02. The third kappa shape index (κ3) is 3.53. The lowest BCUT2D eigenvalue weighted by Gasteiger charge is -2.40. The van der Waals surface area contributed by atoms with E-state index in [1.165, 1.54) is 0 Å². The van der Waals surface area contributed by atoms with Gasteiger partial charge in [-0.25, -0.2) is 0 Å². The van der Waals surface area contributed by atoms with E-state index >= 15 is 0 Å². The van der Waals surface area contributed by atoms with Crippen molar-refractivity contribution >= 4 is 10.2 Å². The molecule has 2 fully saturated rings. The zero-order chi connectivity index (χ0) is 14.6. The van der Waals surface area contributed by atoms with Crippen LogP contribution in [-0.4, -0.2) is 49.2 Å². The summed E-state index contributed by atoms with van der Waals surface area (Å²) in [5.74, 6) is 0.495. The van der Waals surface area contributed by atoms with Gasteiger partial charge >= 0.3 is 0 Å². The molecular weight excluding hydrogens is 274 g/mol. The summed E-state index contributed by atoms with van der Waals surface area (Å²) in [6.45, 7) is 4.78. The van der Waals surface area contributed by atoms with Gasteiger partial charge in [-0.15, -0.1) is 0 Å². The molecule has 2 saturated heterocycles. The van der Waals surface area contributed by atoms with Gasteiger partial charge in [0.2, 0.25) is 0 Å². The van der Waals surface area contributed by atoms with Gasteiger partial charge in [0.05, 0.1) is 0 Å². The van der Waals surface area contributed by atoms with Gasteiger partial charge in [0.25, 0.3) is 10.2 Å². The van der Waals surface area contributed by atoms with E-state index < -0.39 is 10.2 Å². The molecule has 2 aliphatic heterocycles. The molecule has 0 amide bonds. The Morgan fingerprint density at radius 3 is 2.40 bits per heavy atom. The van der Waals surface area contributed by atoms with E-state index in [-0.39, 0.29) is 6.04 Å². The van der Waals surface area contributed by atoms with Gasteiger partial charge in [0, 0.05) is 25.7 Å². The molecule has 2 heterocycles. The fourth-order valence-electron chi connectivity index (χ4n) is 3.42. The molecule has 1 atom stereocenters. The van der Waals surface area contributed by atoms with E-state index in [0.717, 1.165) is 44.9 Å². The molecule has 0 aliphatic carbocycles. The van der Waals surface area contributed by atoms with Crippen molar-refractivity contribution in [3.8, 4) is 0 Å². The topological polar surface area (TPSA) is 66.6 Å². The summed E-state index contributed by atoms with van der Waals surface area (Å²) in [5, 5.41) is 0. The minimum Gasteiger partial charge on any atom is -0.330 e. The van der Waals surface area contributed by atoms with Crippen molar-refractivity contribution in [1.29, 1.82) is 0 Å². The van der Waals surface area contributed by atoms with E-state index in [0.29, 0.717) is 32.1 Å². The van der Waals surface area contributed by atoms with Crippen molar-refractivity contribution < 1.29 is 8.42 Å². The van der Waals surface area contributed by atoms with Crippen LogP contribution in [0.25, 0.3) is 0 Å². The van der Waals surface area contributed by atoms with E-state index in [1.54, 1.807) is 8.61 Å². The highest BCUT2D eigenvalue weighted by molar-refractivity contribution is 7.86. The molecule has 2 aliphatic rings. The maximum absolute atomic E-state index is 12.8. The molecule has 0 saturated carbocycles. The van der Waals surface area contributed by atoms with E-state index in [2.05, 4.69) is 6.92 Å². The molecule has 0 aromatic rings. The van der Waals surface area contributed by atoms with Crippen molar-refractivity contribution in [3.05, 3.63) is 0 Å². The van der Waals surface area contributed by atoms with Crippen LogP contribution in [0.5, 0.6) is 0 Å². The van der Waals surface area contributed by atoms with Crippen LogP contribution in [0.1, 0.15) is 51.9 Å². The minimum atomic E-state index is -3.26. The average molecular weight is 303 g/mol. The van der Waals surface area contributed by atoms with E-state index in [1.807, 2.05) is 0 Å². The highest BCUT2D eigenvalue weighted by Crippen LogP contribution is 2.28. The Morgan fingerprint density at radius 1 is 1.10 bits per heavy atom. The largest absolute Gasteiger partial charge is 0.330 e. The van der Waals surface area contributed by atoms with Gasteiger partial charge in [0.1, 0.15) is 0 Å².